The van der Waals surface area contributed by atoms with Crippen LogP contribution in [0.15, 0.2) is 42.5 Å². The van der Waals surface area contributed by atoms with Gasteiger partial charge in [-0.3, -0.25) is 4.79 Å². The van der Waals surface area contributed by atoms with Crippen LogP contribution in [0.4, 0.5) is 0 Å². The van der Waals surface area contributed by atoms with E-state index in [0.717, 1.165) is 22.4 Å². The number of H-pyrrole nitrogens is 1. The van der Waals surface area contributed by atoms with Crippen LogP contribution in [-0.2, 0) is 0 Å². The van der Waals surface area contributed by atoms with Crippen molar-refractivity contribution < 1.29 is 14.3 Å². The van der Waals surface area contributed by atoms with Gasteiger partial charge in [-0.1, -0.05) is 18.2 Å². The SMILES string of the molecule is Cc1cc(C)c2cc(C(=O)N(C)C[C@H]3COc4ccccc4O3)[nH]c2c1. The number of hydrogen-bond acceptors (Lipinski definition) is 3. The van der Waals surface area contributed by atoms with Crippen molar-refractivity contribution in [1.29, 1.82) is 0 Å². The lowest BCUT2D eigenvalue weighted by molar-refractivity contribution is 0.0518. The molecule has 1 atom stereocenters. The Morgan fingerprint density at radius 2 is 1.96 bits per heavy atom. The minimum atomic E-state index is -0.188. The molecule has 0 aliphatic carbocycles. The molecule has 0 saturated heterocycles. The van der Waals surface area contributed by atoms with Gasteiger partial charge in [0.2, 0.25) is 0 Å². The van der Waals surface area contributed by atoms with E-state index in [-0.39, 0.29) is 12.0 Å². The van der Waals surface area contributed by atoms with Gasteiger partial charge >= 0.3 is 0 Å². The first-order chi connectivity index (χ1) is 12.5. The van der Waals surface area contributed by atoms with E-state index in [0.29, 0.717) is 18.8 Å². The Labute approximate surface area is 152 Å². The number of carbonyl (C=O) groups is 1. The highest BCUT2D eigenvalue weighted by Crippen LogP contribution is 2.31. The molecule has 0 spiro atoms. The fourth-order valence-electron chi connectivity index (χ4n) is 3.46. The van der Waals surface area contributed by atoms with E-state index >= 15 is 0 Å². The molecule has 4 rings (SSSR count). The van der Waals surface area contributed by atoms with Crippen molar-refractivity contribution in [2.75, 3.05) is 20.2 Å². The third-order valence-corrected chi connectivity index (χ3v) is 4.71. The Morgan fingerprint density at radius 3 is 2.77 bits per heavy atom. The number of aromatic nitrogens is 1. The molecule has 2 aromatic carbocycles. The highest BCUT2D eigenvalue weighted by atomic mass is 16.6. The molecule has 0 saturated carbocycles. The molecule has 3 aromatic rings. The lowest BCUT2D eigenvalue weighted by atomic mass is 10.1. The molecule has 0 unspecified atom stereocenters. The number of ether oxygens (including phenoxy) is 2. The summed E-state index contributed by atoms with van der Waals surface area (Å²) in [6, 6.07) is 13.7. The number of nitrogens with one attached hydrogen (secondary N) is 1. The highest BCUT2D eigenvalue weighted by molar-refractivity contribution is 5.98. The number of aromatic amines is 1. The number of likely N-dealkylation sites (N-methyl/N-ethyl adjacent to an activating group) is 1. The second-order valence-electron chi connectivity index (χ2n) is 6.91. The smallest absolute Gasteiger partial charge is 0.270 e. The first kappa shape index (κ1) is 16.5. The molecule has 1 amide bonds. The summed E-state index contributed by atoms with van der Waals surface area (Å²) in [5.74, 6) is 1.42. The molecule has 0 bridgehead atoms. The molecule has 1 aliphatic rings. The largest absolute Gasteiger partial charge is 0.486 e. The highest BCUT2D eigenvalue weighted by Gasteiger charge is 2.24. The number of carbonyl (C=O) groups excluding carboxylic acids is 1. The van der Waals surface area contributed by atoms with Crippen molar-refractivity contribution in [2.24, 2.45) is 0 Å². The van der Waals surface area contributed by atoms with E-state index in [1.165, 1.54) is 11.1 Å². The van der Waals surface area contributed by atoms with Crippen LogP contribution in [0.1, 0.15) is 21.6 Å². The van der Waals surface area contributed by atoms with Gasteiger partial charge in [-0.15, -0.1) is 0 Å². The zero-order valence-electron chi connectivity index (χ0n) is 15.2. The summed E-state index contributed by atoms with van der Waals surface area (Å²) in [7, 11) is 1.79. The maximum Gasteiger partial charge on any atom is 0.270 e. The van der Waals surface area contributed by atoms with E-state index in [9.17, 15) is 4.79 Å². The van der Waals surface area contributed by atoms with Gasteiger partial charge in [0.25, 0.3) is 5.91 Å². The van der Waals surface area contributed by atoms with E-state index in [1.54, 1.807) is 11.9 Å². The second kappa shape index (κ2) is 6.41. The molecule has 5 heteroatoms. The Hall–Kier alpha value is -2.95. The maximum absolute atomic E-state index is 12.8. The van der Waals surface area contributed by atoms with Crippen molar-refractivity contribution in [3.05, 3.63) is 59.3 Å². The first-order valence-electron chi connectivity index (χ1n) is 8.75. The molecule has 0 radical (unpaired) electrons. The Bertz CT molecular complexity index is 977. The van der Waals surface area contributed by atoms with E-state index in [2.05, 4.69) is 31.0 Å². The normalized spacial score (nSPS) is 15.9. The van der Waals surface area contributed by atoms with E-state index < -0.39 is 0 Å². The average molecular weight is 350 g/mol. The number of rotatable bonds is 3. The fraction of sp³-hybridized carbons (Fsp3) is 0.286. The van der Waals surface area contributed by atoms with Gasteiger partial charge in [-0.2, -0.15) is 0 Å². The van der Waals surface area contributed by atoms with Crippen LogP contribution < -0.4 is 9.47 Å². The van der Waals surface area contributed by atoms with Crippen LogP contribution in [0.2, 0.25) is 0 Å². The van der Waals surface area contributed by atoms with Crippen LogP contribution in [0.5, 0.6) is 11.5 Å². The predicted molar refractivity (Wildman–Crippen MR) is 101 cm³/mol. The van der Waals surface area contributed by atoms with Gasteiger partial charge in [0.15, 0.2) is 17.6 Å². The van der Waals surface area contributed by atoms with Crippen molar-refractivity contribution in [1.82, 2.24) is 9.88 Å². The molecule has 134 valence electrons. The van der Waals surface area contributed by atoms with Crippen LogP contribution in [0.3, 0.4) is 0 Å². The number of aryl methyl sites for hydroxylation is 2. The number of fused-ring (bicyclic) bond motifs is 2. The third kappa shape index (κ3) is 3.01. The molecule has 1 aromatic heterocycles. The van der Waals surface area contributed by atoms with Gasteiger partial charge in [0.1, 0.15) is 12.3 Å². The summed E-state index contributed by atoms with van der Waals surface area (Å²) < 4.78 is 11.7. The topological polar surface area (TPSA) is 54.6 Å². The number of hydrogen-bond donors (Lipinski definition) is 1. The summed E-state index contributed by atoms with van der Waals surface area (Å²) in [6.45, 7) is 5.01. The van der Waals surface area contributed by atoms with Gasteiger partial charge in [0.05, 0.1) is 6.54 Å². The molecule has 1 aliphatic heterocycles. The summed E-state index contributed by atoms with van der Waals surface area (Å²) in [5.41, 5.74) is 3.92. The van der Waals surface area contributed by atoms with Crippen LogP contribution in [0.25, 0.3) is 10.9 Å². The van der Waals surface area contributed by atoms with E-state index in [4.69, 9.17) is 9.47 Å². The minimum absolute atomic E-state index is 0.0549. The van der Waals surface area contributed by atoms with Crippen LogP contribution >= 0.6 is 0 Å². The minimum Gasteiger partial charge on any atom is -0.486 e. The lowest BCUT2D eigenvalue weighted by Crippen LogP contribution is -2.41. The zero-order valence-corrected chi connectivity index (χ0v) is 15.2. The standard InChI is InChI=1S/C21H22N2O3/c1-13-8-14(2)16-10-18(22-17(16)9-13)21(24)23(3)11-15-12-25-19-6-4-5-7-20(19)26-15/h4-10,15,22H,11-12H2,1-3H3/t15-/m0/s1. The average Bonchev–Trinajstić information content (AvgIpc) is 3.05. The Kier molecular flexibility index (Phi) is 4.07. The number of benzene rings is 2. The quantitative estimate of drug-likeness (QED) is 0.784. The molecule has 1 N–H and O–H groups in total. The molecule has 0 fully saturated rings. The number of nitrogens with zero attached hydrogens (tertiary/aromatic N) is 1. The molecular formula is C21H22N2O3. The lowest BCUT2D eigenvalue weighted by Gasteiger charge is -2.29. The van der Waals surface area contributed by atoms with Gasteiger partial charge < -0.3 is 19.4 Å². The molecule has 26 heavy (non-hydrogen) atoms. The van der Waals surface area contributed by atoms with Crippen LogP contribution in [-0.4, -0.2) is 42.1 Å². The van der Waals surface area contributed by atoms with Gasteiger partial charge in [-0.25, -0.2) is 0 Å². The summed E-state index contributed by atoms with van der Waals surface area (Å²) in [5, 5.41) is 1.08. The van der Waals surface area contributed by atoms with Gasteiger partial charge in [-0.05, 0) is 49.2 Å². The summed E-state index contributed by atoms with van der Waals surface area (Å²) in [6.07, 6.45) is -0.188. The maximum atomic E-state index is 12.8. The van der Waals surface area contributed by atoms with Crippen molar-refractivity contribution in [3.8, 4) is 11.5 Å². The summed E-state index contributed by atoms with van der Waals surface area (Å²) >= 11 is 0. The molecule has 5 nitrogen and oxygen atoms in total. The summed E-state index contributed by atoms with van der Waals surface area (Å²) in [4.78, 5) is 17.8. The molecular weight excluding hydrogens is 328 g/mol. The Morgan fingerprint density at radius 1 is 1.19 bits per heavy atom. The van der Waals surface area contributed by atoms with E-state index in [1.807, 2.05) is 30.3 Å². The zero-order chi connectivity index (χ0) is 18.3. The molecule has 2 heterocycles. The fourth-order valence-corrected chi connectivity index (χ4v) is 3.46. The second-order valence-corrected chi connectivity index (χ2v) is 6.91. The first-order valence-corrected chi connectivity index (χ1v) is 8.75. The monoisotopic (exact) mass is 350 g/mol. The van der Waals surface area contributed by atoms with Crippen molar-refractivity contribution in [2.45, 2.75) is 20.0 Å². The Balaban J connectivity index is 1.49. The van der Waals surface area contributed by atoms with Gasteiger partial charge in [0, 0.05) is 18.0 Å². The van der Waals surface area contributed by atoms with Crippen molar-refractivity contribution in [3.63, 3.8) is 0 Å². The third-order valence-electron chi connectivity index (χ3n) is 4.71. The predicted octanol–water partition coefficient (Wildman–Crippen LogP) is 3.70. The number of para-hydroxylation sites is 2. The number of amides is 1. The van der Waals surface area contributed by atoms with Crippen molar-refractivity contribution >= 4 is 16.8 Å². The van der Waals surface area contributed by atoms with Crippen LogP contribution in [0, 0.1) is 13.8 Å².